The molecule has 3 rings (SSSR count). The number of carbonyl (C=O) groups excluding carboxylic acids is 11. The Bertz CT molecular complexity index is 2600. The molecule has 8 N–H and O–H groups in total. The van der Waals surface area contributed by atoms with Gasteiger partial charge in [0.15, 0.2) is 30.4 Å². The molecule has 506 valence electrons. The number of hydrogen-bond donors (Lipinski definition) is 6. The van der Waals surface area contributed by atoms with Crippen LogP contribution in [0.2, 0.25) is 0 Å². The van der Waals surface area contributed by atoms with Crippen LogP contribution in [0.1, 0.15) is 104 Å². The van der Waals surface area contributed by atoms with E-state index in [0.29, 0.717) is 13.0 Å². The molecule has 3 fully saturated rings. The van der Waals surface area contributed by atoms with Gasteiger partial charge in [0.05, 0.1) is 20.0 Å². The van der Waals surface area contributed by atoms with Gasteiger partial charge in [0.25, 0.3) is 20.2 Å². The average Bonchev–Trinajstić information content (AvgIpc) is 0.962. The number of aliphatic hydroxyl groups excluding tert-OH is 1. The molecule has 0 saturated carbocycles. The predicted octanol–water partition coefficient (Wildman–Crippen LogP) is -4.81. The van der Waals surface area contributed by atoms with E-state index in [4.69, 9.17) is 68.3 Å². The fourth-order valence-corrected chi connectivity index (χ4v) is 9.31. The van der Waals surface area contributed by atoms with E-state index in [1.165, 1.54) is 27.7 Å². The maximum atomic E-state index is 12.5. The molecule has 0 spiro atoms. The van der Waals surface area contributed by atoms with E-state index in [2.05, 4.69) is 10.6 Å². The van der Waals surface area contributed by atoms with Crippen molar-refractivity contribution in [3.8, 4) is 0 Å². The van der Waals surface area contributed by atoms with Crippen molar-refractivity contribution >= 4 is 96.3 Å². The Morgan fingerprint density at radius 3 is 1.06 bits per heavy atom. The van der Waals surface area contributed by atoms with Gasteiger partial charge in [-0.25, -0.2) is 0 Å². The van der Waals surface area contributed by atoms with Crippen molar-refractivity contribution < 1.29 is 185 Å². The first kappa shape index (κ1) is 87.0. The Balaban J connectivity index is -0.000000561. The number of rotatable bonds is 22. The molecule has 0 aliphatic carbocycles. The van der Waals surface area contributed by atoms with Crippen LogP contribution in [0.15, 0.2) is 0 Å². The molecular weight excluding hydrogens is 1270 g/mol. The van der Waals surface area contributed by atoms with Crippen LogP contribution < -0.4 is 45.9 Å². The van der Waals surface area contributed by atoms with Crippen molar-refractivity contribution in [2.24, 2.45) is 23.5 Å². The smallest absolute Gasteiger partial charge is 0.870 e. The summed E-state index contributed by atoms with van der Waals surface area (Å²) in [6, 6.07) is 0. The molecule has 2 amide bonds. The van der Waals surface area contributed by atoms with Crippen molar-refractivity contribution in [2.45, 2.75) is 176 Å². The molecule has 3 heterocycles. The molecule has 3 aliphatic rings. The van der Waals surface area contributed by atoms with Gasteiger partial charge in [0.1, 0.15) is 24.4 Å². The van der Waals surface area contributed by atoms with Crippen LogP contribution in [-0.4, -0.2) is 220 Å². The van der Waals surface area contributed by atoms with E-state index in [-0.39, 0.29) is 72.5 Å². The third-order valence-electron chi connectivity index (χ3n) is 11.2. The van der Waals surface area contributed by atoms with Crippen LogP contribution in [0, 0.1) is 17.8 Å². The number of ether oxygens (including phenoxy) is 11. The summed E-state index contributed by atoms with van der Waals surface area (Å²) < 4.78 is 152. The Kier molecular flexibility index (Phi) is 43.8. The van der Waals surface area contributed by atoms with E-state index < -0.39 is 201 Å². The molecule has 0 aromatic rings. The van der Waals surface area contributed by atoms with Gasteiger partial charge in [-0.05, 0) is 26.3 Å². The largest absolute Gasteiger partial charge is 1.00 e. The number of nitrogens with one attached hydrogen (secondary N) is 2. The fraction of sp³-hybridized carbons (Fsp3) is 0.771. The number of ketones is 1. The predicted molar refractivity (Wildman–Crippen MR) is 288 cm³/mol. The van der Waals surface area contributed by atoms with E-state index >= 15 is 0 Å². The number of esters is 8. The summed E-state index contributed by atoms with van der Waals surface area (Å²) in [7, 11) is -11.2. The molecule has 35 nitrogen and oxygen atoms in total. The average molecular weight is 1350 g/mol. The zero-order valence-electron chi connectivity index (χ0n) is 51.6. The Morgan fingerprint density at radius 1 is 0.511 bits per heavy atom. The van der Waals surface area contributed by atoms with Crippen molar-refractivity contribution in [3.05, 3.63) is 0 Å². The molecule has 88 heavy (non-hydrogen) atoms. The second-order valence-corrected chi connectivity index (χ2v) is 22.8. The number of aliphatic hydroxyl groups is 1. The summed E-state index contributed by atoms with van der Waals surface area (Å²) in [6.45, 7) is 15.3. The standard InChI is InChI=1S/C16H25NO11S.C14H23NO10S.C14H20O8.C3H8NO2S.CH3F.Na.H2O/c1-8-12(25-9(2)18)14(26-10(3)19)16(27-11(4)20)28-13(8)15(21)17-6-5-7-29(22,23)24;1-7-10(23-8(2)16)12(24-9(3)17)14(19)25-11(7)13(18)15-5-4-6-26(20,21)22;1-6-11(7(2)15)22-14(21-10(5)18)13(20-9(4)17)12(6)19-8(3)16;4-2-1-3-7(5)6;1-2;;/h8,12-14,16H,5-7H2,1-4H3,(H,17,21)(H,22,23,24);7,10-12,14,19H,4-6H2,1-3H3,(H,15,18)(H,20,21,22);6,11-14H,1-5H3;1-4H2;1H3;;1H2/q;;;-1;;+1;/p-1/t8-,12-,13-,14+,16+;7-,10-,11-,12+,14?;6-,11+,12+,13-,14-;;;;/m001..../s1/i;;;;1D;;. The molecule has 40 heteroatoms. The Labute approximate surface area is 533 Å². The minimum absolute atomic E-state index is 0. The second kappa shape index (κ2) is 44.3. The molecule has 15 atom stereocenters. The van der Waals surface area contributed by atoms with E-state index in [1.54, 1.807) is 6.92 Å². The molecule has 0 bridgehead atoms. The first-order valence-electron chi connectivity index (χ1n) is 26.4. The number of halogens is 1. The van der Waals surface area contributed by atoms with Crippen LogP contribution in [-0.2, 0) is 144 Å². The van der Waals surface area contributed by atoms with Gasteiger partial charge in [-0.2, -0.15) is 16.8 Å². The van der Waals surface area contributed by atoms with E-state index in [1.807, 2.05) is 0 Å². The maximum Gasteiger partial charge on any atom is 1.00 e. The van der Waals surface area contributed by atoms with Gasteiger partial charge in [-0.1, -0.05) is 43.6 Å². The molecule has 0 radical (unpaired) electrons. The van der Waals surface area contributed by atoms with Crippen LogP contribution in [0.3, 0.4) is 0 Å². The SMILES string of the molecule is CC(=O)O[C@@H]1O[C@H](C(=O)NCCCS(=O)(=O)O)[C@@H](C)[C@H](OC(C)=O)[C@H]1OC(C)=O.CC(=O)O[C@@H]1O[C@H](C(C)=O)[C@@H](C)[C@H](OC(C)=O)[C@H]1OC(C)=O.CC(=O)O[C@H]1[C@H](C)[C@@H](C(=O)NCCCS(=O)(=O)O)OC(O)[C@@H]1OC(C)=O.NCCC[S-](=O)=O.[2H]CF.[Na+].[OH-]. The second-order valence-electron chi connectivity index (χ2n) is 18.7. The van der Waals surface area contributed by atoms with Crippen molar-refractivity contribution in [3.63, 3.8) is 0 Å². The monoisotopic (exact) mass is 1350 g/mol. The third kappa shape index (κ3) is 36.5. The Morgan fingerprint density at radius 2 is 0.784 bits per heavy atom. The summed E-state index contributed by atoms with van der Waals surface area (Å²) in [6.07, 6.45) is -14.4. The molecule has 0 aromatic carbocycles. The first-order valence-corrected chi connectivity index (χ1v) is 30.1. The van der Waals surface area contributed by atoms with Crippen molar-refractivity contribution in [2.75, 3.05) is 44.0 Å². The third-order valence-corrected chi connectivity index (χ3v) is 13.4. The quantitative estimate of drug-likeness (QED) is 0.0148. The molecule has 0 aromatic heterocycles. The number of alkyl halides is 1. The molecule has 3 aliphatic heterocycles. The summed E-state index contributed by atoms with van der Waals surface area (Å²) in [5.41, 5.74) is 5.00. The number of carbonyl (C=O) groups is 11. The molecule has 3 saturated heterocycles. The molecular formula is C48H80FN3NaO32S3-. The zero-order valence-corrected chi connectivity index (χ0v) is 55.1. The molecule has 1 unspecified atom stereocenters. The van der Waals surface area contributed by atoms with Gasteiger partial charge >= 0.3 is 77.3 Å². The fourth-order valence-electron chi connectivity index (χ4n) is 7.89. The van der Waals surface area contributed by atoms with Crippen molar-refractivity contribution in [1.82, 2.24) is 10.6 Å². The number of Topliss-reactive ketones (excluding diaryl/α,β-unsaturated/α-hetero) is 1. The van der Waals surface area contributed by atoms with Gasteiger partial charge in [-0.15, -0.1) is 0 Å². The summed E-state index contributed by atoms with van der Waals surface area (Å²) in [5, 5.41) is 14.9. The van der Waals surface area contributed by atoms with Gasteiger partial charge in [0, 0.05) is 86.2 Å². The summed E-state index contributed by atoms with van der Waals surface area (Å²) in [5.74, 6) is -10.3. The normalized spacial score (nSPS) is 26.2. The number of nitrogens with two attached hydrogens (primary N) is 1. The minimum Gasteiger partial charge on any atom is -0.870 e. The van der Waals surface area contributed by atoms with E-state index in [0.717, 1.165) is 48.5 Å². The van der Waals surface area contributed by atoms with Crippen LogP contribution in [0.5, 0.6) is 0 Å². The first-order chi connectivity index (χ1) is 40.0. The van der Waals surface area contributed by atoms with Crippen LogP contribution >= 0.6 is 0 Å². The Hall–Kier alpha value is -5.17. The van der Waals surface area contributed by atoms with Gasteiger partial charge < -0.3 is 87.5 Å². The minimum atomic E-state index is -4.17. The topological polar surface area (TPSA) is 532 Å². The number of amides is 2. The van der Waals surface area contributed by atoms with Crippen LogP contribution in [0.4, 0.5) is 4.39 Å². The van der Waals surface area contributed by atoms with Gasteiger partial charge in [-0.3, -0.25) is 66.2 Å². The van der Waals surface area contributed by atoms with Crippen molar-refractivity contribution in [1.29, 1.82) is 0 Å². The van der Waals surface area contributed by atoms with Crippen LogP contribution in [0.25, 0.3) is 0 Å². The van der Waals surface area contributed by atoms with E-state index in [9.17, 15) is 87.5 Å². The summed E-state index contributed by atoms with van der Waals surface area (Å²) >= 11 is 0. The van der Waals surface area contributed by atoms with Gasteiger partial charge in [0.2, 0.25) is 36.6 Å². The number of hydrogen-bond acceptors (Lipinski definition) is 32. The summed E-state index contributed by atoms with van der Waals surface area (Å²) in [4.78, 5) is 127. The zero-order chi connectivity index (χ0) is 67.9. The maximum absolute atomic E-state index is 12.5.